The topological polar surface area (TPSA) is 58.2 Å². The number of rotatable bonds is 7. The highest BCUT2D eigenvalue weighted by Crippen LogP contribution is 2.09. The summed E-state index contributed by atoms with van der Waals surface area (Å²) in [5.41, 5.74) is 0. The largest absolute Gasteiger partial charge is 0.313 e. The summed E-state index contributed by atoms with van der Waals surface area (Å²) in [6, 6.07) is 0.257. The van der Waals surface area contributed by atoms with Crippen LogP contribution < -0.4 is 10.0 Å². The Morgan fingerprint density at radius 1 is 1.44 bits per heavy atom. The van der Waals surface area contributed by atoms with Crippen LogP contribution in [0, 0.1) is 0 Å². The molecule has 1 aliphatic heterocycles. The maximum absolute atomic E-state index is 11.9. The third-order valence-corrected chi connectivity index (χ3v) is 4.59. The molecule has 0 saturated carbocycles. The predicted molar refractivity (Wildman–Crippen MR) is 66.9 cm³/mol. The molecule has 0 radical (unpaired) electrons. The zero-order valence-corrected chi connectivity index (χ0v) is 11.1. The molecule has 1 saturated heterocycles. The van der Waals surface area contributed by atoms with Gasteiger partial charge in [0, 0.05) is 12.1 Å². The van der Waals surface area contributed by atoms with Crippen LogP contribution >= 0.6 is 0 Å². The fourth-order valence-electron chi connectivity index (χ4n) is 2.16. The van der Waals surface area contributed by atoms with E-state index in [-0.39, 0.29) is 17.8 Å². The van der Waals surface area contributed by atoms with Crippen LogP contribution in [-0.4, -0.2) is 32.8 Å². The van der Waals surface area contributed by atoms with Gasteiger partial charge in [-0.3, -0.25) is 0 Å². The second-order valence-electron chi connectivity index (χ2n) is 4.59. The van der Waals surface area contributed by atoms with Crippen molar-refractivity contribution in [3.05, 3.63) is 0 Å². The van der Waals surface area contributed by atoms with Crippen molar-refractivity contribution in [3.8, 4) is 0 Å². The van der Waals surface area contributed by atoms with Gasteiger partial charge >= 0.3 is 0 Å². The number of sulfonamides is 1. The molecule has 1 heterocycles. The summed E-state index contributed by atoms with van der Waals surface area (Å²) in [7, 11) is -3.11. The summed E-state index contributed by atoms with van der Waals surface area (Å²) in [5, 5.41) is 3.22. The third-order valence-electron chi connectivity index (χ3n) is 3.06. The lowest BCUT2D eigenvalue weighted by molar-refractivity contribution is 0.506. The Hall–Kier alpha value is -0.130. The summed E-state index contributed by atoms with van der Waals surface area (Å²) >= 11 is 0. The van der Waals surface area contributed by atoms with Gasteiger partial charge in [0.15, 0.2) is 0 Å². The minimum Gasteiger partial charge on any atom is -0.313 e. The van der Waals surface area contributed by atoms with E-state index < -0.39 is 10.0 Å². The Kier molecular flexibility index (Phi) is 5.72. The maximum atomic E-state index is 11.9. The Bertz CT molecular complexity index is 284. The Morgan fingerprint density at radius 3 is 2.69 bits per heavy atom. The molecule has 0 aromatic carbocycles. The highest BCUT2D eigenvalue weighted by atomic mass is 32.2. The van der Waals surface area contributed by atoms with E-state index in [1.54, 1.807) is 0 Å². The second-order valence-corrected chi connectivity index (χ2v) is 6.38. The molecule has 16 heavy (non-hydrogen) atoms. The molecule has 0 aromatic heterocycles. The average Bonchev–Trinajstić information content (AvgIpc) is 2.68. The van der Waals surface area contributed by atoms with Crippen molar-refractivity contribution in [2.75, 3.05) is 12.3 Å². The fourth-order valence-corrected chi connectivity index (χ4v) is 3.86. The standard InChI is InChI=1S/C11H24N2O2S/c1-3-6-10(4-2)13-16(14,15)9-11-7-5-8-12-11/h10-13H,3-9H2,1-2H3. The molecule has 0 spiro atoms. The van der Waals surface area contributed by atoms with Gasteiger partial charge in [-0.2, -0.15) is 0 Å². The number of nitrogens with one attached hydrogen (secondary N) is 2. The van der Waals surface area contributed by atoms with Crippen LogP contribution in [-0.2, 0) is 10.0 Å². The Labute approximate surface area is 99.2 Å². The summed E-state index contributed by atoms with van der Waals surface area (Å²) in [5.74, 6) is 0.229. The van der Waals surface area contributed by atoms with Crippen LogP contribution in [0.25, 0.3) is 0 Å². The smallest absolute Gasteiger partial charge is 0.213 e. The normalized spacial score (nSPS) is 23.5. The molecule has 1 fully saturated rings. The Morgan fingerprint density at radius 2 is 2.19 bits per heavy atom. The first-order valence-corrected chi connectivity index (χ1v) is 7.96. The quantitative estimate of drug-likeness (QED) is 0.712. The fraction of sp³-hybridized carbons (Fsp3) is 1.00. The van der Waals surface area contributed by atoms with Crippen molar-refractivity contribution >= 4 is 10.0 Å². The van der Waals surface area contributed by atoms with Crippen molar-refractivity contribution in [1.29, 1.82) is 0 Å². The molecule has 1 aliphatic rings. The van der Waals surface area contributed by atoms with Gasteiger partial charge < -0.3 is 5.32 Å². The lowest BCUT2D eigenvalue weighted by atomic mass is 10.1. The number of hydrogen-bond donors (Lipinski definition) is 2. The van der Waals surface area contributed by atoms with Crippen LogP contribution in [0.15, 0.2) is 0 Å². The molecule has 2 unspecified atom stereocenters. The van der Waals surface area contributed by atoms with Crippen molar-refractivity contribution in [1.82, 2.24) is 10.0 Å². The molecule has 0 aliphatic carbocycles. The zero-order valence-electron chi connectivity index (χ0n) is 10.3. The molecule has 0 aromatic rings. The van der Waals surface area contributed by atoms with E-state index in [1.807, 2.05) is 6.92 Å². The molecular formula is C11H24N2O2S. The summed E-state index contributed by atoms with van der Waals surface area (Å²) in [6.07, 6.45) is 4.87. The molecule has 5 heteroatoms. The van der Waals surface area contributed by atoms with E-state index in [1.165, 1.54) is 0 Å². The Balaban J connectivity index is 2.42. The minimum absolute atomic E-state index is 0.108. The lowest BCUT2D eigenvalue weighted by Gasteiger charge is -2.18. The molecule has 0 bridgehead atoms. The van der Waals surface area contributed by atoms with E-state index in [2.05, 4.69) is 17.0 Å². The average molecular weight is 248 g/mol. The van der Waals surface area contributed by atoms with Crippen molar-refractivity contribution in [3.63, 3.8) is 0 Å². The molecule has 1 rings (SSSR count). The molecular weight excluding hydrogens is 224 g/mol. The van der Waals surface area contributed by atoms with E-state index in [4.69, 9.17) is 0 Å². The van der Waals surface area contributed by atoms with E-state index in [0.29, 0.717) is 0 Å². The van der Waals surface area contributed by atoms with Crippen LogP contribution in [0.1, 0.15) is 46.0 Å². The minimum atomic E-state index is -3.11. The van der Waals surface area contributed by atoms with Crippen LogP contribution in [0.2, 0.25) is 0 Å². The highest BCUT2D eigenvalue weighted by Gasteiger charge is 2.23. The lowest BCUT2D eigenvalue weighted by Crippen LogP contribution is -2.41. The van der Waals surface area contributed by atoms with Gasteiger partial charge in [0.05, 0.1) is 5.75 Å². The number of hydrogen-bond acceptors (Lipinski definition) is 3. The van der Waals surface area contributed by atoms with E-state index in [0.717, 1.165) is 38.6 Å². The summed E-state index contributed by atoms with van der Waals surface area (Å²) in [4.78, 5) is 0. The highest BCUT2D eigenvalue weighted by molar-refractivity contribution is 7.89. The molecule has 4 nitrogen and oxygen atoms in total. The van der Waals surface area contributed by atoms with Gasteiger partial charge in [0.2, 0.25) is 10.0 Å². The van der Waals surface area contributed by atoms with Gasteiger partial charge in [-0.05, 0) is 32.2 Å². The molecule has 96 valence electrons. The molecule has 2 N–H and O–H groups in total. The SMILES string of the molecule is CCCC(CC)NS(=O)(=O)CC1CCCN1. The zero-order chi connectivity index (χ0) is 12.0. The van der Waals surface area contributed by atoms with Crippen LogP contribution in [0.3, 0.4) is 0 Å². The summed E-state index contributed by atoms with van der Waals surface area (Å²) in [6.45, 7) is 5.05. The third kappa shape index (κ3) is 4.80. The van der Waals surface area contributed by atoms with E-state index >= 15 is 0 Å². The van der Waals surface area contributed by atoms with Gasteiger partial charge in [-0.25, -0.2) is 13.1 Å². The van der Waals surface area contributed by atoms with Crippen LogP contribution in [0.5, 0.6) is 0 Å². The van der Waals surface area contributed by atoms with Crippen molar-refractivity contribution in [2.24, 2.45) is 0 Å². The molecule has 2 atom stereocenters. The first kappa shape index (κ1) is 13.9. The second kappa shape index (κ2) is 6.57. The van der Waals surface area contributed by atoms with Gasteiger partial charge in [0.1, 0.15) is 0 Å². The van der Waals surface area contributed by atoms with Crippen LogP contribution in [0.4, 0.5) is 0 Å². The van der Waals surface area contributed by atoms with Gasteiger partial charge in [0.25, 0.3) is 0 Å². The van der Waals surface area contributed by atoms with Crippen molar-refractivity contribution < 1.29 is 8.42 Å². The first-order chi connectivity index (χ1) is 7.57. The predicted octanol–water partition coefficient (Wildman–Crippen LogP) is 1.24. The summed E-state index contributed by atoms with van der Waals surface area (Å²) < 4.78 is 26.6. The monoisotopic (exact) mass is 248 g/mol. The maximum Gasteiger partial charge on any atom is 0.213 e. The van der Waals surface area contributed by atoms with E-state index in [9.17, 15) is 8.42 Å². The van der Waals surface area contributed by atoms with Gasteiger partial charge in [-0.1, -0.05) is 20.3 Å². The first-order valence-electron chi connectivity index (χ1n) is 6.30. The molecule has 0 amide bonds. The van der Waals surface area contributed by atoms with Crippen molar-refractivity contribution in [2.45, 2.75) is 58.0 Å². The van der Waals surface area contributed by atoms with Gasteiger partial charge in [-0.15, -0.1) is 0 Å².